The first kappa shape index (κ1) is 11.3. The summed E-state index contributed by atoms with van der Waals surface area (Å²) in [6, 6.07) is -0.396. The molecule has 3 N–H and O–H groups in total. The third-order valence-electron chi connectivity index (χ3n) is 2.48. The maximum atomic E-state index is 8.76. The largest absolute Gasteiger partial charge is 0.396 e. The van der Waals surface area contributed by atoms with Gasteiger partial charge < -0.3 is 25.0 Å². The van der Waals surface area contributed by atoms with E-state index in [0.29, 0.717) is 31.5 Å². The van der Waals surface area contributed by atoms with E-state index in [0.717, 1.165) is 13.1 Å². The molecule has 0 spiro atoms. The van der Waals surface area contributed by atoms with Gasteiger partial charge >= 0.3 is 0 Å². The second-order valence-corrected chi connectivity index (χ2v) is 3.65. The monoisotopic (exact) mass is 228 g/mol. The second-order valence-electron chi connectivity index (χ2n) is 3.65. The van der Waals surface area contributed by atoms with Crippen LogP contribution in [0.15, 0.2) is 4.52 Å². The Labute approximate surface area is 93.2 Å². The minimum atomic E-state index is -0.396. The van der Waals surface area contributed by atoms with Crippen molar-refractivity contribution in [2.75, 3.05) is 37.8 Å². The van der Waals surface area contributed by atoms with E-state index in [2.05, 4.69) is 10.1 Å². The molecule has 1 saturated heterocycles. The van der Waals surface area contributed by atoms with Crippen LogP contribution in [0.4, 0.5) is 5.95 Å². The summed E-state index contributed by atoms with van der Waals surface area (Å²) in [7, 11) is 0. The van der Waals surface area contributed by atoms with E-state index < -0.39 is 6.04 Å². The van der Waals surface area contributed by atoms with Crippen molar-refractivity contribution in [1.82, 2.24) is 10.1 Å². The predicted molar refractivity (Wildman–Crippen MR) is 56.0 cm³/mol. The number of hydrogen-bond acceptors (Lipinski definition) is 7. The van der Waals surface area contributed by atoms with Gasteiger partial charge in [0.15, 0.2) is 0 Å². The molecule has 1 aromatic heterocycles. The van der Waals surface area contributed by atoms with Crippen molar-refractivity contribution >= 4 is 5.95 Å². The molecular formula is C9H16N4O3. The lowest BCUT2D eigenvalue weighted by Gasteiger charge is -2.24. The number of nitrogens with two attached hydrogens (primary N) is 1. The maximum absolute atomic E-state index is 8.76. The van der Waals surface area contributed by atoms with E-state index in [1.54, 1.807) is 0 Å². The van der Waals surface area contributed by atoms with Crippen LogP contribution < -0.4 is 10.6 Å². The molecule has 1 atom stereocenters. The second kappa shape index (κ2) is 5.24. The smallest absolute Gasteiger partial charge is 0.266 e. The summed E-state index contributed by atoms with van der Waals surface area (Å²) in [5, 5.41) is 12.6. The standard InChI is InChI=1S/C9H16N4O3/c10-7(1-4-14)8-11-9(12-16-8)13-2-5-15-6-3-13/h7,14H,1-6,10H2/t7-/m0/s1. The Morgan fingerprint density at radius 3 is 2.88 bits per heavy atom. The van der Waals surface area contributed by atoms with E-state index >= 15 is 0 Å². The van der Waals surface area contributed by atoms with Crippen molar-refractivity contribution in [3.63, 3.8) is 0 Å². The van der Waals surface area contributed by atoms with Crippen LogP contribution in [-0.2, 0) is 4.74 Å². The number of rotatable bonds is 4. The molecule has 1 aromatic rings. The van der Waals surface area contributed by atoms with Crippen molar-refractivity contribution in [2.45, 2.75) is 12.5 Å². The topological polar surface area (TPSA) is 97.6 Å². The molecule has 1 fully saturated rings. The number of nitrogens with zero attached hydrogens (tertiary/aromatic N) is 3. The molecule has 7 heteroatoms. The summed E-state index contributed by atoms with van der Waals surface area (Å²) in [4.78, 5) is 6.20. The van der Waals surface area contributed by atoms with Gasteiger partial charge in [-0.05, 0) is 11.6 Å². The maximum Gasteiger partial charge on any atom is 0.266 e. The molecule has 0 bridgehead atoms. The van der Waals surface area contributed by atoms with Gasteiger partial charge in [-0.1, -0.05) is 0 Å². The fraction of sp³-hybridized carbons (Fsp3) is 0.778. The van der Waals surface area contributed by atoms with Crippen LogP contribution in [0.1, 0.15) is 18.4 Å². The highest BCUT2D eigenvalue weighted by molar-refractivity contribution is 5.28. The molecule has 0 aromatic carbocycles. The molecule has 2 heterocycles. The van der Waals surface area contributed by atoms with E-state index in [9.17, 15) is 0 Å². The average Bonchev–Trinajstić information content (AvgIpc) is 2.80. The number of ether oxygens (including phenoxy) is 1. The fourth-order valence-corrected chi connectivity index (χ4v) is 1.53. The summed E-state index contributed by atoms with van der Waals surface area (Å²) in [6.07, 6.45) is 0.421. The van der Waals surface area contributed by atoms with Crippen molar-refractivity contribution in [1.29, 1.82) is 0 Å². The highest BCUT2D eigenvalue weighted by Gasteiger charge is 2.19. The lowest BCUT2D eigenvalue weighted by Crippen LogP contribution is -2.36. The summed E-state index contributed by atoms with van der Waals surface area (Å²) in [5.74, 6) is 0.919. The van der Waals surface area contributed by atoms with Crippen molar-refractivity contribution in [3.05, 3.63) is 5.89 Å². The third-order valence-corrected chi connectivity index (χ3v) is 2.48. The Morgan fingerprint density at radius 1 is 1.44 bits per heavy atom. The summed E-state index contributed by atoms with van der Waals surface area (Å²) >= 11 is 0. The summed E-state index contributed by atoms with van der Waals surface area (Å²) < 4.78 is 10.3. The third kappa shape index (κ3) is 2.49. The Morgan fingerprint density at radius 2 is 2.19 bits per heavy atom. The summed E-state index contributed by atoms with van der Waals surface area (Å²) in [5.41, 5.74) is 5.75. The molecule has 0 amide bonds. The number of aliphatic hydroxyl groups is 1. The molecule has 16 heavy (non-hydrogen) atoms. The quantitative estimate of drug-likeness (QED) is 0.702. The van der Waals surface area contributed by atoms with Crippen LogP contribution >= 0.6 is 0 Å². The lowest BCUT2D eigenvalue weighted by molar-refractivity contribution is 0.121. The molecule has 0 radical (unpaired) electrons. The molecule has 0 aliphatic carbocycles. The zero-order valence-electron chi connectivity index (χ0n) is 9.00. The van der Waals surface area contributed by atoms with Gasteiger partial charge in [-0.3, -0.25) is 0 Å². The number of aromatic nitrogens is 2. The first-order valence-electron chi connectivity index (χ1n) is 5.34. The molecule has 90 valence electrons. The number of hydrogen-bond donors (Lipinski definition) is 2. The molecule has 0 unspecified atom stereocenters. The normalized spacial score (nSPS) is 18.8. The van der Waals surface area contributed by atoms with Gasteiger partial charge in [-0.15, -0.1) is 0 Å². The van der Waals surface area contributed by atoms with Crippen molar-refractivity contribution in [3.8, 4) is 0 Å². The van der Waals surface area contributed by atoms with Crippen LogP contribution in [0.2, 0.25) is 0 Å². The lowest BCUT2D eigenvalue weighted by atomic mass is 10.2. The fourth-order valence-electron chi connectivity index (χ4n) is 1.53. The molecule has 1 aliphatic rings. The Bertz CT molecular complexity index is 324. The van der Waals surface area contributed by atoms with Crippen LogP contribution in [0.25, 0.3) is 0 Å². The summed E-state index contributed by atoms with van der Waals surface area (Å²) in [6.45, 7) is 2.87. The van der Waals surface area contributed by atoms with Crippen LogP contribution in [0, 0.1) is 0 Å². The van der Waals surface area contributed by atoms with Gasteiger partial charge in [-0.25, -0.2) is 0 Å². The van der Waals surface area contributed by atoms with Gasteiger partial charge in [-0.2, -0.15) is 4.98 Å². The molecule has 7 nitrogen and oxygen atoms in total. The van der Waals surface area contributed by atoms with Crippen LogP contribution in [0.3, 0.4) is 0 Å². The Balaban J connectivity index is 2.00. The van der Waals surface area contributed by atoms with Gasteiger partial charge in [0.1, 0.15) is 0 Å². The van der Waals surface area contributed by atoms with Crippen LogP contribution in [-0.4, -0.2) is 48.2 Å². The SMILES string of the molecule is N[C@@H](CCO)c1nc(N2CCOCC2)no1. The molecule has 2 rings (SSSR count). The zero-order chi connectivity index (χ0) is 11.4. The van der Waals surface area contributed by atoms with Crippen molar-refractivity contribution < 1.29 is 14.4 Å². The molecular weight excluding hydrogens is 212 g/mol. The van der Waals surface area contributed by atoms with E-state index in [1.807, 2.05) is 4.90 Å². The Hall–Kier alpha value is -1.18. The number of aliphatic hydroxyl groups excluding tert-OH is 1. The Kier molecular flexibility index (Phi) is 3.70. The highest BCUT2D eigenvalue weighted by Crippen LogP contribution is 2.16. The first-order valence-corrected chi connectivity index (χ1v) is 5.34. The van der Waals surface area contributed by atoms with E-state index in [-0.39, 0.29) is 6.61 Å². The van der Waals surface area contributed by atoms with Crippen LogP contribution in [0.5, 0.6) is 0 Å². The van der Waals surface area contributed by atoms with Gasteiger partial charge in [0, 0.05) is 19.7 Å². The molecule has 1 aliphatic heterocycles. The minimum Gasteiger partial charge on any atom is -0.396 e. The van der Waals surface area contributed by atoms with E-state index in [4.69, 9.17) is 20.1 Å². The zero-order valence-corrected chi connectivity index (χ0v) is 9.00. The van der Waals surface area contributed by atoms with Crippen molar-refractivity contribution in [2.24, 2.45) is 5.73 Å². The van der Waals surface area contributed by atoms with Gasteiger partial charge in [0.2, 0.25) is 5.89 Å². The van der Waals surface area contributed by atoms with Gasteiger partial charge in [0.25, 0.3) is 5.95 Å². The number of anilines is 1. The number of morpholine rings is 1. The average molecular weight is 228 g/mol. The highest BCUT2D eigenvalue weighted by atomic mass is 16.5. The first-order chi connectivity index (χ1) is 7.81. The van der Waals surface area contributed by atoms with E-state index in [1.165, 1.54) is 0 Å². The minimum absolute atomic E-state index is 0.0104. The molecule has 0 saturated carbocycles. The van der Waals surface area contributed by atoms with Gasteiger partial charge in [0.05, 0.1) is 19.3 Å². The predicted octanol–water partition coefficient (Wildman–Crippen LogP) is -0.712.